The summed E-state index contributed by atoms with van der Waals surface area (Å²) in [5, 5.41) is 13.0. The van der Waals surface area contributed by atoms with Gasteiger partial charge in [0.1, 0.15) is 12.1 Å². The van der Waals surface area contributed by atoms with Crippen LogP contribution in [-0.4, -0.2) is 28.2 Å². The van der Waals surface area contributed by atoms with Crippen LogP contribution >= 0.6 is 0 Å². The number of aryl methyl sites for hydroxylation is 2. The molecule has 128 valence electrons. The molecule has 3 aromatic rings. The number of aromatic hydroxyl groups is 1. The first-order valence-corrected chi connectivity index (χ1v) is 8.25. The maximum Gasteiger partial charge on any atom is 0.118 e. The van der Waals surface area contributed by atoms with Crippen molar-refractivity contribution in [2.75, 3.05) is 18.4 Å². The first-order chi connectivity index (χ1) is 12.1. The number of nitrogens with zero attached hydrogens (tertiary/aromatic N) is 2. The molecule has 0 spiro atoms. The first kappa shape index (κ1) is 16.9. The quantitative estimate of drug-likeness (QED) is 0.665. The third kappa shape index (κ3) is 3.78. The summed E-state index contributed by atoms with van der Waals surface area (Å²) in [5.41, 5.74) is 12.3. The minimum atomic E-state index is 0.287. The average Bonchev–Trinajstić information content (AvgIpc) is 2.62. The third-order valence-electron chi connectivity index (χ3n) is 4.14. The van der Waals surface area contributed by atoms with E-state index in [1.165, 1.54) is 0 Å². The molecule has 0 unspecified atom stereocenters. The number of anilines is 1. The second kappa shape index (κ2) is 7.32. The van der Waals surface area contributed by atoms with Crippen LogP contribution in [0.15, 0.2) is 48.8 Å². The normalized spacial score (nSPS) is 10.7. The van der Waals surface area contributed by atoms with Gasteiger partial charge in [-0.05, 0) is 61.4 Å². The lowest BCUT2D eigenvalue weighted by atomic mass is 10.0. The van der Waals surface area contributed by atoms with Crippen LogP contribution in [0, 0.1) is 13.8 Å². The van der Waals surface area contributed by atoms with Crippen molar-refractivity contribution >= 4 is 5.69 Å². The van der Waals surface area contributed by atoms with Crippen molar-refractivity contribution in [1.82, 2.24) is 9.97 Å². The zero-order chi connectivity index (χ0) is 17.8. The zero-order valence-corrected chi connectivity index (χ0v) is 14.5. The van der Waals surface area contributed by atoms with Crippen LogP contribution in [0.25, 0.3) is 22.5 Å². The molecule has 0 saturated heterocycles. The number of aromatic nitrogens is 2. The van der Waals surface area contributed by atoms with Crippen molar-refractivity contribution in [3.63, 3.8) is 0 Å². The molecule has 2 aromatic carbocycles. The van der Waals surface area contributed by atoms with Crippen LogP contribution in [-0.2, 0) is 0 Å². The van der Waals surface area contributed by atoms with Crippen LogP contribution < -0.4 is 11.1 Å². The Labute approximate surface area is 147 Å². The number of hydrogen-bond acceptors (Lipinski definition) is 5. The van der Waals surface area contributed by atoms with E-state index in [4.69, 9.17) is 5.73 Å². The Morgan fingerprint density at radius 2 is 1.76 bits per heavy atom. The van der Waals surface area contributed by atoms with Gasteiger partial charge in [-0.25, -0.2) is 9.97 Å². The summed E-state index contributed by atoms with van der Waals surface area (Å²) in [6.07, 6.45) is 1.58. The molecule has 0 saturated carbocycles. The molecule has 5 nitrogen and oxygen atoms in total. The summed E-state index contributed by atoms with van der Waals surface area (Å²) in [5.74, 6) is 0.287. The standard InChI is InChI=1S/C20H22N4O/c1-13-10-16(22-8-7-21)4-5-17(13)19-11-18(23-12-24-19)15-3-6-20(25)14(2)9-15/h3-6,9-12,22,25H,7-8,21H2,1-2H3. The van der Waals surface area contributed by atoms with Crippen LogP contribution in [0.4, 0.5) is 5.69 Å². The van der Waals surface area contributed by atoms with Crippen molar-refractivity contribution in [2.45, 2.75) is 13.8 Å². The minimum Gasteiger partial charge on any atom is -0.508 e. The highest BCUT2D eigenvalue weighted by atomic mass is 16.3. The van der Waals surface area contributed by atoms with Gasteiger partial charge in [0.05, 0.1) is 11.4 Å². The van der Waals surface area contributed by atoms with Gasteiger partial charge in [-0.2, -0.15) is 0 Å². The maximum absolute atomic E-state index is 9.70. The van der Waals surface area contributed by atoms with Gasteiger partial charge in [-0.1, -0.05) is 6.07 Å². The van der Waals surface area contributed by atoms with E-state index in [0.717, 1.165) is 45.9 Å². The van der Waals surface area contributed by atoms with Crippen molar-refractivity contribution in [2.24, 2.45) is 5.73 Å². The lowest BCUT2D eigenvalue weighted by Crippen LogP contribution is -2.13. The van der Waals surface area contributed by atoms with Crippen LogP contribution in [0.5, 0.6) is 5.75 Å². The summed E-state index contributed by atoms with van der Waals surface area (Å²) in [4.78, 5) is 8.80. The van der Waals surface area contributed by atoms with Gasteiger partial charge in [-0.3, -0.25) is 0 Å². The Morgan fingerprint density at radius 1 is 0.960 bits per heavy atom. The maximum atomic E-state index is 9.70. The Balaban J connectivity index is 1.95. The van der Waals surface area contributed by atoms with Gasteiger partial charge >= 0.3 is 0 Å². The Hall–Kier alpha value is -2.92. The van der Waals surface area contributed by atoms with Gasteiger partial charge in [0, 0.05) is 29.9 Å². The lowest BCUT2D eigenvalue weighted by Gasteiger charge is -2.11. The summed E-state index contributed by atoms with van der Waals surface area (Å²) < 4.78 is 0. The summed E-state index contributed by atoms with van der Waals surface area (Å²) >= 11 is 0. The molecule has 0 fully saturated rings. The second-order valence-corrected chi connectivity index (χ2v) is 6.03. The second-order valence-electron chi connectivity index (χ2n) is 6.03. The largest absolute Gasteiger partial charge is 0.508 e. The molecule has 4 N–H and O–H groups in total. The van der Waals surface area contributed by atoms with Gasteiger partial charge < -0.3 is 16.2 Å². The lowest BCUT2D eigenvalue weighted by molar-refractivity contribution is 0.471. The number of hydrogen-bond donors (Lipinski definition) is 3. The fourth-order valence-electron chi connectivity index (χ4n) is 2.75. The van der Waals surface area contributed by atoms with E-state index in [-0.39, 0.29) is 5.75 Å². The molecule has 0 atom stereocenters. The molecule has 3 rings (SSSR count). The molecule has 5 heteroatoms. The average molecular weight is 334 g/mol. The van der Waals surface area contributed by atoms with E-state index in [9.17, 15) is 5.11 Å². The number of phenolic OH excluding ortho intramolecular Hbond substituents is 1. The van der Waals surface area contributed by atoms with Crippen LogP contribution in [0.2, 0.25) is 0 Å². The molecule has 0 aliphatic rings. The first-order valence-electron chi connectivity index (χ1n) is 8.25. The highest BCUT2D eigenvalue weighted by Crippen LogP contribution is 2.28. The Kier molecular flexibility index (Phi) is 4.95. The monoisotopic (exact) mass is 334 g/mol. The van der Waals surface area contributed by atoms with Gasteiger partial charge in [0.2, 0.25) is 0 Å². The zero-order valence-electron chi connectivity index (χ0n) is 14.5. The summed E-state index contributed by atoms with van der Waals surface area (Å²) in [6.45, 7) is 5.28. The van der Waals surface area contributed by atoms with Crippen LogP contribution in [0.1, 0.15) is 11.1 Å². The molecule has 25 heavy (non-hydrogen) atoms. The number of phenols is 1. The number of nitrogens with one attached hydrogen (secondary N) is 1. The topological polar surface area (TPSA) is 84.1 Å². The van der Waals surface area contributed by atoms with E-state index in [2.05, 4.69) is 34.3 Å². The highest BCUT2D eigenvalue weighted by Gasteiger charge is 2.08. The van der Waals surface area contributed by atoms with E-state index in [1.54, 1.807) is 12.4 Å². The fraction of sp³-hybridized carbons (Fsp3) is 0.200. The molecule has 0 amide bonds. The third-order valence-corrected chi connectivity index (χ3v) is 4.14. The van der Waals surface area contributed by atoms with Crippen molar-refractivity contribution in [3.8, 4) is 28.3 Å². The van der Waals surface area contributed by atoms with Crippen molar-refractivity contribution in [3.05, 3.63) is 59.9 Å². The van der Waals surface area contributed by atoms with Crippen molar-refractivity contribution < 1.29 is 5.11 Å². The molecule has 1 aromatic heterocycles. The number of nitrogens with two attached hydrogens (primary N) is 1. The van der Waals surface area contributed by atoms with Gasteiger partial charge in [-0.15, -0.1) is 0 Å². The summed E-state index contributed by atoms with van der Waals surface area (Å²) in [6, 6.07) is 13.6. The predicted octanol–water partition coefficient (Wildman–Crippen LogP) is 3.50. The van der Waals surface area contributed by atoms with Crippen LogP contribution in [0.3, 0.4) is 0 Å². The van der Waals surface area contributed by atoms with E-state index in [1.807, 2.05) is 31.2 Å². The number of rotatable bonds is 5. The van der Waals surface area contributed by atoms with Crippen molar-refractivity contribution in [1.29, 1.82) is 0 Å². The number of benzene rings is 2. The predicted molar refractivity (Wildman–Crippen MR) is 102 cm³/mol. The van der Waals surface area contributed by atoms with Gasteiger partial charge in [0.15, 0.2) is 0 Å². The fourth-order valence-corrected chi connectivity index (χ4v) is 2.75. The smallest absolute Gasteiger partial charge is 0.118 e. The molecule has 1 heterocycles. The molecule has 0 aliphatic heterocycles. The molecular weight excluding hydrogens is 312 g/mol. The molecular formula is C20H22N4O. The SMILES string of the molecule is Cc1cc(-c2cc(-c3ccc(NCCN)cc3C)ncn2)ccc1O. The van der Waals surface area contributed by atoms with E-state index >= 15 is 0 Å². The summed E-state index contributed by atoms with van der Waals surface area (Å²) in [7, 11) is 0. The minimum absolute atomic E-state index is 0.287. The Morgan fingerprint density at radius 3 is 2.48 bits per heavy atom. The van der Waals surface area contributed by atoms with E-state index < -0.39 is 0 Å². The molecule has 0 bridgehead atoms. The molecule has 0 aliphatic carbocycles. The molecule has 0 radical (unpaired) electrons. The van der Waals surface area contributed by atoms with Gasteiger partial charge in [0.25, 0.3) is 0 Å². The Bertz CT molecular complexity index is 893. The van der Waals surface area contributed by atoms with E-state index in [0.29, 0.717) is 6.54 Å². The highest BCUT2D eigenvalue weighted by molar-refractivity contribution is 5.72.